The molecule has 19 nitrogen and oxygen atoms in total. The summed E-state index contributed by atoms with van der Waals surface area (Å²) in [6, 6.07) is -0.985. The molecule has 3 rings (SSSR count). The number of carbonyl (C=O) groups excluding carboxylic acids is 1. The standard InChI is InChI=1S/C61H113NO18/c1-3-5-7-9-11-13-15-17-18-19-20-21-22-23-24-25-27-29-31-33-35-37-39-49(67)62-44(45(66)38-36-34-32-30-28-26-16-14-12-10-8-6-4-2)43-75-59-55(73)52(70)57(47(41-64)77-59)80-61-56(74)53(71)58(48(42-65)78-61)79-60-54(72)51(69)50(68)46(40-63)76-60/h28,30,36,38,44-48,50-61,63-66,68-74H,3-27,29,31-35,37,39-43H2,1-2H3,(H,62,67)/b30-28+,38-36+. The molecule has 19 heteroatoms. The van der Waals surface area contributed by atoms with Gasteiger partial charge in [-0.3, -0.25) is 4.79 Å². The second-order valence-corrected chi connectivity index (χ2v) is 22.9. The van der Waals surface area contributed by atoms with Gasteiger partial charge in [0.15, 0.2) is 18.9 Å². The second-order valence-electron chi connectivity index (χ2n) is 22.9. The molecule has 3 aliphatic heterocycles. The molecule has 0 spiro atoms. The van der Waals surface area contributed by atoms with E-state index in [2.05, 4.69) is 31.3 Å². The van der Waals surface area contributed by atoms with E-state index in [0.29, 0.717) is 12.8 Å². The highest BCUT2D eigenvalue weighted by molar-refractivity contribution is 5.76. The van der Waals surface area contributed by atoms with Gasteiger partial charge in [-0.2, -0.15) is 0 Å². The Balaban J connectivity index is 1.46. The molecule has 17 atom stereocenters. The number of hydrogen-bond acceptors (Lipinski definition) is 18. The smallest absolute Gasteiger partial charge is 0.220 e. The number of unbranched alkanes of at least 4 members (excludes halogenated alkanes) is 29. The first-order valence-corrected chi connectivity index (χ1v) is 31.6. The molecule has 0 radical (unpaired) electrons. The number of aliphatic hydroxyl groups is 11. The first-order chi connectivity index (χ1) is 38.8. The Morgan fingerprint density at radius 2 is 0.800 bits per heavy atom. The number of allylic oxidation sites excluding steroid dienone is 3. The van der Waals surface area contributed by atoms with Gasteiger partial charge < -0.3 is 89.9 Å². The van der Waals surface area contributed by atoms with Crippen molar-refractivity contribution in [1.82, 2.24) is 5.32 Å². The Labute approximate surface area is 479 Å². The Morgan fingerprint density at radius 1 is 0.438 bits per heavy atom. The predicted molar refractivity (Wildman–Crippen MR) is 305 cm³/mol. The zero-order chi connectivity index (χ0) is 58.3. The van der Waals surface area contributed by atoms with Crippen LogP contribution in [-0.4, -0.2) is 193 Å². The molecule has 470 valence electrons. The topological polar surface area (TPSA) is 307 Å². The summed E-state index contributed by atoms with van der Waals surface area (Å²) in [5, 5.41) is 120. The Hall–Kier alpha value is -1.73. The maximum Gasteiger partial charge on any atom is 0.220 e. The molecule has 3 heterocycles. The third kappa shape index (κ3) is 28.0. The van der Waals surface area contributed by atoms with Gasteiger partial charge in [0, 0.05) is 6.42 Å². The fourth-order valence-corrected chi connectivity index (χ4v) is 10.8. The van der Waals surface area contributed by atoms with Gasteiger partial charge in [0.25, 0.3) is 0 Å². The average Bonchev–Trinajstić information content (AvgIpc) is 3.47. The average molecular weight is 1150 g/mol. The normalized spacial score (nSPS) is 30.1. The molecule has 0 saturated carbocycles. The van der Waals surface area contributed by atoms with Crippen molar-refractivity contribution >= 4 is 5.91 Å². The van der Waals surface area contributed by atoms with Gasteiger partial charge in [-0.15, -0.1) is 0 Å². The summed E-state index contributed by atoms with van der Waals surface area (Å²) >= 11 is 0. The van der Waals surface area contributed by atoms with Crippen molar-refractivity contribution in [3.63, 3.8) is 0 Å². The number of ether oxygens (including phenoxy) is 6. The van der Waals surface area contributed by atoms with Gasteiger partial charge in [-0.05, 0) is 32.1 Å². The number of aliphatic hydroxyl groups excluding tert-OH is 11. The lowest BCUT2D eigenvalue weighted by Crippen LogP contribution is -2.66. The van der Waals surface area contributed by atoms with Gasteiger partial charge in [-0.1, -0.05) is 212 Å². The molecular weight excluding hydrogens is 1030 g/mol. The molecule has 3 aliphatic rings. The predicted octanol–water partition coefficient (Wildman–Crippen LogP) is 6.32. The van der Waals surface area contributed by atoms with Crippen molar-refractivity contribution in [3.8, 4) is 0 Å². The third-order valence-corrected chi connectivity index (χ3v) is 16.0. The van der Waals surface area contributed by atoms with E-state index in [1.165, 1.54) is 154 Å². The maximum absolute atomic E-state index is 13.3. The lowest BCUT2D eigenvalue weighted by molar-refractivity contribution is -0.379. The zero-order valence-electron chi connectivity index (χ0n) is 49.1. The van der Waals surface area contributed by atoms with Gasteiger partial charge in [0.2, 0.25) is 5.91 Å². The highest BCUT2D eigenvalue weighted by Gasteiger charge is 2.53. The van der Waals surface area contributed by atoms with Crippen LogP contribution in [0, 0.1) is 0 Å². The van der Waals surface area contributed by atoms with Crippen LogP contribution >= 0.6 is 0 Å². The van der Waals surface area contributed by atoms with E-state index in [-0.39, 0.29) is 18.9 Å². The summed E-state index contributed by atoms with van der Waals surface area (Å²) in [5.74, 6) is -0.283. The van der Waals surface area contributed by atoms with Crippen LogP contribution in [0.2, 0.25) is 0 Å². The van der Waals surface area contributed by atoms with E-state index in [4.69, 9.17) is 28.4 Å². The summed E-state index contributed by atoms with van der Waals surface area (Å²) in [7, 11) is 0. The monoisotopic (exact) mass is 1150 g/mol. The molecule has 1 amide bonds. The maximum atomic E-state index is 13.3. The summed E-state index contributed by atoms with van der Waals surface area (Å²) in [6.45, 7) is 1.70. The van der Waals surface area contributed by atoms with E-state index in [9.17, 15) is 61.0 Å². The Bertz CT molecular complexity index is 1560. The fraction of sp³-hybridized carbons (Fsp3) is 0.918. The highest BCUT2D eigenvalue weighted by Crippen LogP contribution is 2.33. The fourth-order valence-electron chi connectivity index (χ4n) is 10.8. The van der Waals surface area contributed by atoms with Crippen LogP contribution in [0.25, 0.3) is 0 Å². The number of hydrogen-bond donors (Lipinski definition) is 12. The van der Waals surface area contributed by atoms with Crippen LogP contribution in [-0.2, 0) is 33.2 Å². The van der Waals surface area contributed by atoms with Crippen molar-refractivity contribution in [2.24, 2.45) is 0 Å². The Kier molecular flexibility index (Phi) is 40.5. The van der Waals surface area contributed by atoms with Gasteiger partial charge in [0.1, 0.15) is 73.2 Å². The molecule has 3 saturated heterocycles. The summed E-state index contributed by atoms with van der Waals surface area (Å²) in [5.41, 5.74) is 0. The molecule has 0 bridgehead atoms. The SMILES string of the molecule is CCCCCCCCC/C=C/CC/C=C/C(O)C(COC1OC(CO)C(OC2OC(CO)C(OC3OC(CO)C(O)C(O)C3O)C(O)C2O)C(O)C1O)NC(=O)CCCCCCCCCCCCCCCCCCCCCCCC. The molecule has 80 heavy (non-hydrogen) atoms. The van der Waals surface area contributed by atoms with Gasteiger partial charge >= 0.3 is 0 Å². The van der Waals surface area contributed by atoms with E-state index >= 15 is 0 Å². The summed E-state index contributed by atoms with van der Waals surface area (Å²) in [6.07, 6.45) is 20.3. The minimum Gasteiger partial charge on any atom is -0.394 e. The number of amides is 1. The molecule has 0 aromatic heterocycles. The van der Waals surface area contributed by atoms with Crippen LogP contribution < -0.4 is 5.32 Å². The van der Waals surface area contributed by atoms with E-state index in [0.717, 1.165) is 38.5 Å². The highest BCUT2D eigenvalue weighted by atomic mass is 16.8. The van der Waals surface area contributed by atoms with Crippen LogP contribution in [0.1, 0.15) is 226 Å². The molecule has 0 aromatic carbocycles. The van der Waals surface area contributed by atoms with Crippen LogP contribution in [0.15, 0.2) is 24.3 Å². The molecule has 0 aromatic rings. The van der Waals surface area contributed by atoms with Crippen LogP contribution in [0.4, 0.5) is 0 Å². The van der Waals surface area contributed by atoms with Crippen molar-refractivity contribution in [3.05, 3.63) is 24.3 Å². The Morgan fingerprint density at radius 3 is 1.25 bits per heavy atom. The minimum absolute atomic E-state index is 0.240. The van der Waals surface area contributed by atoms with Gasteiger partial charge in [-0.25, -0.2) is 0 Å². The van der Waals surface area contributed by atoms with Gasteiger partial charge in [0.05, 0.1) is 38.6 Å². The first-order valence-electron chi connectivity index (χ1n) is 31.6. The lowest BCUT2D eigenvalue weighted by Gasteiger charge is -2.48. The number of carbonyl (C=O) groups is 1. The molecular formula is C61H113NO18. The molecule has 3 fully saturated rings. The van der Waals surface area contributed by atoms with Crippen molar-refractivity contribution in [1.29, 1.82) is 0 Å². The largest absolute Gasteiger partial charge is 0.394 e. The number of rotatable bonds is 47. The van der Waals surface area contributed by atoms with E-state index < -0.39 is 124 Å². The van der Waals surface area contributed by atoms with Crippen LogP contribution in [0.3, 0.4) is 0 Å². The molecule has 0 aliphatic carbocycles. The zero-order valence-corrected chi connectivity index (χ0v) is 49.1. The van der Waals surface area contributed by atoms with Crippen molar-refractivity contribution in [2.45, 2.75) is 330 Å². The van der Waals surface area contributed by atoms with Crippen molar-refractivity contribution < 1.29 is 89.4 Å². The molecule has 12 N–H and O–H groups in total. The second kappa shape index (κ2) is 44.7. The minimum atomic E-state index is -1.98. The first kappa shape index (κ1) is 72.5. The van der Waals surface area contributed by atoms with E-state index in [1.807, 2.05) is 6.08 Å². The summed E-state index contributed by atoms with van der Waals surface area (Å²) in [4.78, 5) is 13.3. The number of nitrogens with one attached hydrogen (secondary N) is 1. The van der Waals surface area contributed by atoms with E-state index in [1.54, 1.807) is 6.08 Å². The third-order valence-electron chi connectivity index (χ3n) is 16.0. The van der Waals surface area contributed by atoms with Crippen LogP contribution in [0.5, 0.6) is 0 Å². The lowest BCUT2D eigenvalue weighted by atomic mass is 9.96. The molecule has 17 unspecified atom stereocenters. The summed E-state index contributed by atoms with van der Waals surface area (Å²) < 4.78 is 34.2. The van der Waals surface area contributed by atoms with Crippen molar-refractivity contribution in [2.75, 3.05) is 26.4 Å². The quantitative estimate of drug-likeness (QED) is 0.0234.